The Morgan fingerprint density at radius 1 is 0.900 bits per heavy atom. The smallest absolute Gasteiger partial charge is 0.154 e. The van der Waals surface area contributed by atoms with Crippen LogP contribution in [0.3, 0.4) is 0 Å². The summed E-state index contributed by atoms with van der Waals surface area (Å²) in [5.41, 5.74) is 11.2. The molecular weight excluding hydrogens is 248 g/mol. The molecule has 0 radical (unpaired) electrons. The zero-order chi connectivity index (χ0) is 13.5. The maximum Gasteiger partial charge on any atom is 0.154 e. The fourth-order valence-corrected chi connectivity index (χ4v) is 2.37. The lowest BCUT2D eigenvalue weighted by molar-refractivity contribution is 0.972. The van der Waals surface area contributed by atoms with Crippen molar-refractivity contribution in [3.8, 4) is 11.3 Å². The Hall–Kier alpha value is -2.88. The molecule has 4 aromatic rings. The highest BCUT2D eigenvalue weighted by Crippen LogP contribution is 2.21. The number of rotatable bonds is 1. The lowest BCUT2D eigenvalue weighted by Crippen LogP contribution is -1.94. The van der Waals surface area contributed by atoms with Gasteiger partial charge in [0.1, 0.15) is 0 Å². The largest absolute Gasteiger partial charge is 0.399 e. The van der Waals surface area contributed by atoms with Gasteiger partial charge in [-0.3, -0.25) is 0 Å². The van der Waals surface area contributed by atoms with Gasteiger partial charge < -0.3 is 5.73 Å². The lowest BCUT2D eigenvalue weighted by Gasteiger charge is -2.01. The van der Waals surface area contributed by atoms with Gasteiger partial charge in [-0.25, -0.2) is 9.50 Å². The molecule has 96 valence electrons. The monoisotopic (exact) mass is 260 g/mol. The number of nitrogens with zero attached hydrogens (tertiary/aromatic N) is 3. The minimum atomic E-state index is 0.712. The molecule has 2 heterocycles. The molecule has 20 heavy (non-hydrogen) atoms. The summed E-state index contributed by atoms with van der Waals surface area (Å²) in [6.45, 7) is 0. The van der Waals surface area contributed by atoms with E-state index >= 15 is 0 Å². The minimum Gasteiger partial charge on any atom is -0.399 e. The molecular formula is C16H12N4. The van der Waals surface area contributed by atoms with Gasteiger partial charge in [0.2, 0.25) is 0 Å². The second-order valence-electron chi connectivity index (χ2n) is 4.71. The van der Waals surface area contributed by atoms with Crippen LogP contribution in [-0.2, 0) is 0 Å². The molecule has 0 bridgehead atoms. The number of nitrogens with two attached hydrogens (primary N) is 1. The normalized spacial score (nSPS) is 11.2. The Kier molecular flexibility index (Phi) is 2.23. The van der Waals surface area contributed by atoms with Crippen molar-refractivity contribution in [1.82, 2.24) is 14.6 Å². The zero-order valence-corrected chi connectivity index (χ0v) is 10.7. The van der Waals surface area contributed by atoms with Crippen molar-refractivity contribution in [2.24, 2.45) is 0 Å². The van der Waals surface area contributed by atoms with Crippen LogP contribution < -0.4 is 5.73 Å². The van der Waals surface area contributed by atoms with E-state index in [0.717, 1.165) is 27.9 Å². The van der Waals surface area contributed by atoms with E-state index in [2.05, 4.69) is 10.1 Å². The fourth-order valence-electron chi connectivity index (χ4n) is 2.37. The number of fused-ring (bicyclic) bond motifs is 3. The summed E-state index contributed by atoms with van der Waals surface area (Å²) in [5, 5.41) is 4.68. The summed E-state index contributed by atoms with van der Waals surface area (Å²) in [6.07, 6.45) is 0. The first-order valence-electron chi connectivity index (χ1n) is 6.42. The van der Waals surface area contributed by atoms with Crippen LogP contribution in [0, 0.1) is 0 Å². The fraction of sp³-hybridized carbons (Fsp3) is 0. The number of nitrogen functional groups attached to an aromatic ring is 1. The van der Waals surface area contributed by atoms with E-state index in [1.807, 2.05) is 65.2 Å². The summed E-state index contributed by atoms with van der Waals surface area (Å²) >= 11 is 0. The standard InChI is InChI=1S/C16H12N4/c17-12-6-8-15-14(10-12)18-16-9-7-13(19-20(15)16)11-4-2-1-3-5-11/h1-10H,17H2. The molecule has 4 rings (SSSR count). The molecule has 0 spiro atoms. The topological polar surface area (TPSA) is 56.2 Å². The van der Waals surface area contributed by atoms with E-state index in [1.165, 1.54) is 0 Å². The van der Waals surface area contributed by atoms with Crippen LogP contribution in [0.1, 0.15) is 0 Å². The van der Waals surface area contributed by atoms with Gasteiger partial charge in [0.15, 0.2) is 5.65 Å². The maximum atomic E-state index is 5.80. The van der Waals surface area contributed by atoms with E-state index in [-0.39, 0.29) is 0 Å². The molecule has 0 saturated heterocycles. The van der Waals surface area contributed by atoms with E-state index in [0.29, 0.717) is 5.69 Å². The third-order valence-electron chi connectivity index (χ3n) is 3.35. The number of aromatic nitrogens is 3. The Balaban J connectivity index is 2.01. The van der Waals surface area contributed by atoms with Crippen molar-refractivity contribution in [3.63, 3.8) is 0 Å². The Morgan fingerprint density at radius 3 is 2.60 bits per heavy atom. The van der Waals surface area contributed by atoms with E-state index < -0.39 is 0 Å². The average molecular weight is 260 g/mol. The number of anilines is 1. The summed E-state index contributed by atoms with van der Waals surface area (Å²) < 4.78 is 1.86. The lowest BCUT2D eigenvalue weighted by atomic mass is 10.1. The number of hydrogen-bond acceptors (Lipinski definition) is 3. The van der Waals surface area contributed by atoms with Crippen molar-refractivity contribution in [2.45, 2.75) is 0 Å². The van der Waals surface area contributed by atoms with Crippen LogP contribution in [-0.4, -0.2) is 14.6 Å². The van der Waals surface area contributed by atoms with Crippen molar-refractivity contribution >= 4 is 22.4 Å². The van der Waals surface area contributed by atoms with Gasteiger partial charge in [0, 0.05) is 11.3 Å². The molecule has 4 nitrogen and oxygen atoms in total. The zero-order valence-electron chi connectivity index (χ0n) is 10.7. The first-order valence-corrected chi connectivity index (χ1v) is 6.42. The first kappa shape index (κ1) is 11.0. The van der Waals surface area contributed by atoms with Gasteiger partial charge in [-0.15, -0.1) is 0 Å². The molecule has 0 aliphatic heterocycles. The highest BCUT2D eigenvalue weighted by Gasteiger charge is 2.07. The van der Waals surface area contributed by atoms with Gasteiger partial charge >= 0.3 is 0 Å². The SMILES string of the molecule is Nc1ccc2c(c1)nc1ccc(-c3ccccc3)nn12. The molecule has 0 atom stereocenters. The highest BCUT2D eigenvalue weighted by molar-refractivity contribution is 5.83. The van der Waals surface area contributed by atoms with Crippen molar-refractivity contribution in [1.29, 1.82) is 0 Å². The Labute approximate surface area is 115 Å². The Morgan fingerprint density at radius 2 is 1.75 bits per heavy atom. The van der Waals surface area contributed by atoms with Crippen LogP contribution in [0.2, 0.25) is 0 Å². The summed E-state index contributed by atoms with van der Waals surface area (Å²) in [5.74, 6) is 0. The summed E-state index contributed by atoms with van der Waals surface area (Å²) in [6, 6.07) is 19.8. The molecule has 0 unspecified atom stereocenters. The van der Waals surface area contributed by atoms with Crippen LogP contribution >= 0.6 is 0 Å². The van der Waals surface area contributed by atoms with Crippen LogP contribution in [0.5, 0.6) is 0 Å². The molecule has 0 aliphatic rings. The predicted octanol–water partition coefficient (Wildman–Crippen LogP) is 3.13. The van der Waals surface area contributed by atoms with Crippen molar-refractivity contribution < 1.29 is 0 Å². The average Bonchev–Trinajstić information content (AvgIpc) is 2.84. The second-order valence-corrected chi connectivity index (χ2v) is 4.71. The minimum absolute atomic E-state index is 0.712. The van der Waals surface area contributed by atoms with Crippen molar-refractivity contribution in [3.05, 3.63) is 60.7 Å². The van der Waals surface area contributed by atoms with Gasteiger partial charge in [0.05, 0.1) is 16.7 Å². The molecule has 4 heteroatoms. The Bertz CT molecular complexity index is 910. The van der Waals surface area contributed by atoms with Crippen LogP contribution in [0.4, 0.5) is 5.69 Å². The van der Waals surface area contributed by atoms with E-state index in [4.69, 9.17) is 5.73 Å². The molecule has 0 aliphatic carbocycles. The molecule has 2 aromatic heterocycles. The van der Waals surface area contributed by atoms with Gasteiger partial charge in [-0.1, -0.05) is 30.3 Å². The molecule has 0 amide bonds. The first-order chi connectivity index (χ1) is 9.81. The van der Waals surface area contributed by atoms with Crippen LogP contribution in [0.25, 0.3) is 27.9 Å². The molecule has 2 aromatic carbocycles. The van der Waals surface area contributed by atoms with E-state index in [9.17, 15) is 0 Å². The quantitative estimate of drug-likeness (QED) is 0.535. The molecule has 2 N–H and O–H groups in total. The second kappa shape index (κ2) is 4.06. The third kappa shape index (κ3) is 1.62. The third-order valence-corrected chi connectivity index (χ3v) is 3.35. The number of imidazole rings is 1. The maximum absolute atomic E-state index is 5.80. The van der Waals surface area contributed by atoms with Gasteiger partial charge in [-0.05, 0) is 30.3 Å². The van der Waals surface area contributed by atoms with Gasteiger partial charge in [-0.2, -0.15) is 5.10 Å². The molecule has 0 saturated carbocycles. The summed E-state index contributed by atoms with van der Waals surface area (Å²) in [7, 11) is 0. The van der Waals surface area contributed by atoms with Crippen LogP contribution in [0.15, 0.2) is 60.7 Å². The summed E-state index contributed by atoms with van der Waals surface area (Å²) in [4.78, 5) is 4.53. The highest BCUT2D eigenvalue weighted by atomic mass is 15.3. The number of benzene rings is 2. The van der Waals surface area contributed by atoms with Gasteiger partial charge in [0.25, 0.3) is 0 Å². The van der Waals surface area contributed by atoms with E-state index in [1.54, 1.807) is 0 Å². The predicted molar refractivity (Wildman–Crippen MR) is 80.3 cm³/mol. The van der Waals surface area contributed by atoms with Crippen molar-refractivity contribution in [2.75, 3.05) is 5.73 Å². The number of hydrogen-bond donors (Lipinski definition) is 1. The molecule has 0 fully saturated rings.